The van der Waals surface area contributed by atoms with Crippen LogP contribution in [0.3, 0.4) is 0 Å². The first-order valence-electron chi connectivity index (χ1n) is 9.65. The molecule has 29 heavy (non-hydrogen) atoms. The van der Waals surface area contributed by atoms with Crippen LogP contribution in [0.1, 0.15) is 65.1 Å². The first kappa shape index (κ1) is 22.1. The van der Waals surface area contributed by atoms with Gasteiger partial charge in [0.2, 0.25) is 5.91 Å². The van der Waals surface area contributed by atoms with Crippen molar-refractivity contribution in [3.05, 3.63) is 57.3 Å². The Bertz CT molecular complexity index is 856. The number of primary amides is 1. The van der Waals surface area contributed by atoms with E-state index in [0.717, 1.165) is 43.9 Å². The topological polar surface area (TPSA) is 46.3 Å². The summed E-state index contributed by atoms with van der Waals surface area (Å²) in [4.78, 5) is 14.5. The molecule has 1 aromatic carbocycles. The van der Waals surface area contributed by atoms with Crippen molar-refractivity contribution in [3.8, 4) is 0 Å². The Hall–Kier alpha value is -1.57. The quantitative estimate of drug-likeness (QED) is 0.682. The summed E-state index contributed by atoms with van der Waals surface area (Å²) in [5.74, 6) is -1.33. The molecule has 0 aliphatic carbocycles. The van der Waals surface area contributed by atoms with Gasteiger partial charge in [-0.05, 0) is 72.3 Å². The summed E-state index contributed by atoms with van der Waals surface area (Å²) in [6.45, 7) is 0.899. The zero-order valence-corrected chi connectivity index (χ0v) is 17.5. The highest BCUT2D eigenvalue weighted by molar-refractivity contribution is 7.08. The fraction of sp³-hybridized carbons (Fsp3) is 0.476. The molecule has 1 aromatic heterocycles. The number of rotatable bonds is 4. The lowest BCUT2D eigenvalue weighted by molar-refractivity contribution is -0.138. The third kappa shape index (κ3) is 4.18. The lowest BCUT2D eigenvalue weighted by Crippen LogP contribution is -2.43. The number of nitrogens with zero attached hydrogens (tertiary/aromatic N) is 1. The molecule has 0 saturated carbocycles. The van der Waals surface area contributed by atoms with Crippen LogP contribution in [0.2, 0.25) is 0 Å². The molecule has 3 heterocycles. The Kier molecular flexibility index (Phi) is 6.61. The van der Waals surface area contributed by atoms with Gasteiger partial charge in [-0.1, -0.05) is 12.5 Å². The molecule has 3 atom stereocenters. The van der Waals surface area contributed by atoms with Crippen molar-refractivity contribution < 1.29 is 18.0 Å². The van der Waals surface area contributed by atoms with E-state index in [-0.39, 0.29) is 29.6 Å². The zero-order chi connectivity index (χ0) is 19.9. The Morgan fingerprint density at radius 1 is 1.17 bits per heavy atom. The standard InChI is InChI=1S/C21H23F3N2OS.ClH/c22-21(23,24)16-6-3-5-15(20(25)27)19(16)18(13-9-11-28-12-13)17-8-7-14-4-1-2-10-26(14)17;/h3,5-6,9,11-12,14,17-18H,1-2,4,7-8,10H2,(H2,25,27);1H/t14-,17+,18+;/m1./s1. The SMILES string of the molecule is Cl.NC(=O)c1cccc(C(F)(F)F)c1[C@@H](c1ccsc1)[C@@H]1CC[C@H]2CCCCN21. The van der Waals surface area contributed by atoms with Gasteiger partial charge in [-0.25, -0.2) is 0 Å². The second-order valence-corrected chi connectivity index (χ2v) is 8.48. The Labute approximate surface area is 178 Å². The summed E-state index contributed by atoms with van der Waals surface area (Å²) in [6.07, 6.45) is 0.599. The molecule has 4 rings (SSSR count). The van der Waals surface area contributed by atoms with E-state index in [4.69, 9.17) is 5.73 Å². The normalized spacial score (nSPS) is 23.3. The number of piperidine rings is 1. The molecule has 2 fully saturated rings. The molecular formula is C21H24ClF3N2OS. The Morgan fingerprint density at radius 3 is 2.62 bits per heavy atom. The molecule has 0 radical (unpaired) electrons. The van der Waals surface area contributed by atoms with Crippen molar-refractivity contribution in [2.75, 3.05) is 6.54 Å². The monoisotopic (exact) mass is 444 g/mol. The van der Waals surface area contributed by atoms with E-state index >= 15 is 0 Å². The average Bonchev–Trinajstić information content (AvgIpc) is 3.32. The molecular weight excluding hydrogens is 421 g/mol. The first-order valence-corrected chi connectivity index (χ1v) is 10.6. The van der Waals surface area contributed by atoms with E-state index in [0.29, 0.717) is 6.04 Å². The van der Waals surface area contributed by atoms with Gasteiger partial charge in [-0.15, -0.1) is 12.4 Å². The van der Waals surface area contributed by atoms with Crippen LogP contribution in [-0.4, -0.2) is 29.4 Å². The number of thiophene rings is 1. The number of hydrogen-bond acceptors (Lipinski definition) is 3. The van der Waals surface area contributed by atoms with Crippen LogP contribution in [0.5, 0.6) is 0 Å². The van der Waals surface area contributed by atoms with Crippen LogP contribution in [0.25, 0.3) is 0 Å². The summed E-state index contributed by atoms with van der Waals surface area (Å²) in [5.41, 5.74) is 5.63. The second-order valence-electron chi connectivity index (χ2n) is 7.70. The lowest BCUT2D eigenvalue weighted by atomic mass is 9.79. The number of nitrogens with two attached hydrogens (primary N) is 1. The van der Waals surface area contributed by atoms with Gasteiger partial charge >= 0.3 is 6.18 Å². The summed E-state index contributed by atoms with van der Waals surface area (Å²) in [5, 5.41) is 3.78. The van der Waals surface area contributed by atoms with Crippen molar-refractivity contribution in [2.24, 2.45) is 5.73 Å². The molecule has 0 bridgehead atoms. The zero-order valence-electron chi connectivity index (χ0n) is 15.8. The van der Waals surface area contributed by atoms with Crippen LogP contribution in [-0.2, 0) is 6.18 Å². The van der Waals surface area contributed by atoms with Gasteiger partial charge in [-0.2, -0.15) is 24.5 Å². The van der Waals surface area contributed by atoms with Crippen LogP contribution in [0.15, 0.2) is 35.0 Å². The maximum atomic E-state index is 14.0. The molecule has 3 nitrogen and oxygen atoms in total. The molecule has 2 N–H and O–H groups in total. The summed E-state index contributed by atoms with van der Waals surface area (Å²) in [6, 6.07) is 6.02. The van der Waals surface area contributed by atoms with Gasteiger partial charge in [0.05, 0.1) is 5.56 Å². The van der Waals surface area contributed by atoms with Crippen molar-refractivity contribution >= 4 is 29.7 Å². The predicted octanol–water partition coefficient (Wildman–Crippen LogP) is 5.44. The van der Waals surface area contributed by atoms with E-state index in [1.807, 2.05) is 16.8 Å². The number of benzene rings is 1. The van der Waals surface area contributed by atoms with Crippen molar-refractivity contribution in [1.82, 2.24) is 4.90 Å². The number of carbonyl (C=O) groups excluding carboxylic acids is 1. The number of hydrogen-bond donors (Lipinski definition) is 1. The number of alkyl halides is 3. The highest BCUT2D eigenvalue weighted by Gasteiger charge is 2.45. The number of amides is 1. The van der Waals surface area contributed by atoms with Gasteiger partial charge in [0.15, 0.2) is 0 Å². The van der Waals surface area contributed by atoms with Gasteiger partial charge < -0.3 is 5.73 Å². The minimum Gasteiger partial charge on any atom is -0.366 e. The number of fused-ring (bicyclic) bond motifs is 1. The van der Waals surface area contributed by atoms with E-state index in [1.165, 1.54) is 29.9 Å². The van der Waals surface area contributed by atoms with Crippen LogP contribution < -0.4 is 5.73 Å². The fourth-order valence-corrected chi connectivity index (χ4v) is 5.75. The third-order valence-electron chi connectivity index (χ3n) is 6.17. The Morgan fingerprint density at radius 2 is 1.97 bits per heavy atom. The van der Waals surface area contributed by atoms with E-state index in [1.54, 1.807) is 0 Å². The highest BCUT2D eigenvalue weighted by Crippen LogP contribution is 2.46. The van der Waals surface area contributed by atoms with Crippen molar-refractivity contribution in [2.45, 2.75) is 56.3 Å². The largest absolute Gasteiger partial charge is 0.416 e. The highest BCUT2D eigenvalue weighted by atomic mass is 35.5. The van der Waals surface area contributed by atoms with Crippen LogP contribution >= 0.6 is 23.7 Å². The molecule has 158 valence electrons. The minimum atomic E-state index is -4.55. The lowest BCUT2D eigenvalue weighted by Gasteiger charge is -2.39. The third-order valence-corrected chi connectivity index (χ3v) is 6.87. The molecule has 2 aliphatic rings. The van der Waals surface area contributed by atoms with Gasteiger partial charge in [0.1, 0.15) is 0 Å². The summed E-state index contributed by atoms with van der Waals surface area (Å²) >= 11 is 1.46. The molecule has 8 heteroatoms. The molecule has 0 spiro atoms. The molecule has 2 aliphatic heterocycles. The van der Waals surface area contributed by atoms with Crippen molar-refractivity contribution in [1.29, 1.82) is 0 Å². The minimum absolute atomic E-state index is 0. The van der Waals surface area contributed by atoms with Crippen LogP contribution in [0.4, 0.5) is 13.2 Å². The fourth-order valence-electron chi connectivity index (χ4n) is 5.05. The summed E-state index contributed by atoms with van der Waals surface area (Å²) in [7, 11) is 0. The van der Waals surface area contributed by atoms with Gasteiger partial charge in [0.25, 0.3) is 0 Å². The molecule has 0 unspecified atom stereocenters. The number of halogens is 4. The first-order chi connectivity index (χ1) is 13.4. The maximum Gasteiger partial charge on any atom is 0.416 e. The smallest absolute Gasteiger partial charge is 0.366 e. The molecule has 2 aromatic rings. The Balaban J connectivity index is 0.00000240. The average molecular weight is 445 g/mol. The van der Waals surface area contributed by atoms with E-state index < -0.39 is 23.6 Å². The maximum absolute atomic E-state index is 14.0. The van der Waals surface area contributed by atoms with Gasteiger partial charge in [0, 0.05) is 23.6 Å². The predicted molar refractivity (Wildman–Crippen MR) is 111 cm³/mol. The second kappa shape index (κ2) is 8.66. The van der Waals surface area contributed by atoms with Crippen LogP contribution in [0, 0.1) is 0 Å². The van der Waals surface area contributed by atoms with Crippen molar-refractivity contribution in [3.63, 3.8) is 0 Å². The van der Waals surface area contributed by atoms with E-state index in [9.17, 15) is 18.0 Å². The molecule has 2 saturated heterocycles. The van der Waals surface area contributed by atoms with E-state index in [2.05, 4.69) is 4.90 Å². The molecule has 1 amide bonds. The number of carbonyl (C=O) groups is 1. The summed E-state index contributed by atoms with van der Waals surface area (Å²) < 4.78 is 41.9. The van der Waals surface area contributed by atoms with Gasteiger partial charge in [-0.3, -0.25) is 9.69 Å².